The number of para-hydroxylation sites is 1. The van der Waals surface area contributed by atoms with Crippen LogP contribution in [0.3, 0.4) is 0 Å². The van der Waals surface area contributed by atoms with Crippen LogP contribution in [0.2, 0.25) is 10.0 Å². The lowest BCUT2D eigenvalue weighted by atomic mass is 9.87. The number of benzene rings is 2. The Balaban J connectivity index is 1.48. The summed E-state index contributed by atoms with van der Waals surface area (Å²) in [7, 11) is 4.25. The number of H-pyrrole nitrogens is 1. The summed E-state index contributed by atoms with van der Waals surface area (Å²) < 4.78 is 1.12. The number of nitrogens with one attached hydrogen (secondary N) is 3. The average molecular weight is 496 g/mol. The lowest BCUT2D eigenvalue weighted by molar-refractivity contribution is 0.268. The molecule has 0 spiro atoms. The van der Waals surface area contributed by atoms with Crippen LogP contribution in [0.25, 0.3) is 16.7 Å². The molecular formula is C24H23Cl2N7O. The third-order valence-electron chi connectivity index (χ3n) is 6.25. The minimum atomic E-state index is -0.568. The summed E-state index contributed by atoms with van der Waals surface area (Å²) in [5, 5.41) is 12.7. The number of hydrogen-bond donors (Lipinski definition) is 3. The Bertz CT molecular complexity index is 1510. The molecule has 5 rings (SSSR count). The molecule has 34 heavy (non-hydrogen) atoms. The van der Waals surface area contributed by atoms with Crippen molar-refractivity contribution < 1.29 is 0 Å². The van der Waals surface area contributed by atoms with E-state index in [4.69, 9.17) is 28.6 Å². The van der Waals surface area contributed by atoms with Crippen LogP contribution in [-0.4, -0.2) is 44.6 Å². The highest BCUT2D eigenvalue weighted by Crippen LogP contribution is 2.28. The van der Waals surface area contributed by atoms with Crippen molar-refractivity contribution in [1.29, 1.82) is 5.41 Å². The Hall–Kier alpha value is -3.20. The summed E-state index contributed by atoms with van der Waals surface area (Å²) in [5.41, 5.74) is 3.38. The minimum Gasteiger partial charge on any atom is -0.324 e. The number of hydrogen-bond acceptors (Lipinski definition) is 6. The molecule has 3 N–H and O–H groups in total. The molecule has 4 aromatic rings. The van der Waals surface area contributed by atoms with Crippen LogP contribution >= 0.6 is 23.2 Å². The van der Waals surface area contributed by atoms with Gasteiger partial charge in [-0.05, 0) is 68.8 Å². The van der Waals surface area contributed by atoms with Gasteiger partial charge in [-0.25, -0.2) is 14.3 Å². The predicted molar refractivity (Wildman–Crippen MR) is 135 cm³/mol. The standard InChI is InChI=1S/C24H23Cl2N7O/c1-32(2)16-9-7-13-10-15(8-6-14(13)11-16)29-23-28-12-17-21(27)33(24(34)31-22(17)30-23)20-18(25)4-3-5-19(20)26/h3-6,8,10,12,16,27H,7,9,11H2,1-2H3,(H2,28,29,30,31,34). The molecule has 2 aromatic heterocycles. The van der Waals surface area contributed by atoms with Crippen LogP contribution in [-0.2, 0) is 12.8 Å². The van der Waals surface area contributed by atoms with Gasteiger partial charge >= 0.3 is 5.69 Å². The van der Waals surface area contributed by atoms with E-state index in [1.54, 1.807) is 18.2 Å². The smallest absolute Gasteiger partial charge is 0.324 e. The van der Waals surface area contributed by atoms with Crippen LogP contribution < -0.4 is 16.5 Å². The second-order valence-electron chi connectivity index (χ2n) is 8.61. The second-order valence-corrected chi connectivity index (χ2v) is 9.42. The number of fused-ring (bicyclic) bond motifs is 2. The first kappa shape index (κ1) is 22.6. The maximum Gasteiger partial charge on any atom is 0.333 e. The van der Waals surface area contributed by atoms with E-state index in [-0.39, 0.29) is 26.9 Å². The summed E-state index contributed by atoms with van der Waals surface area (Å²) in [6, 6.07) is 11.8. The van der Waals surface area contributed by atoms with Gasteiger partial charge in [0, 0.05) is 17.9 Å². The van der Waals surface area contributed by atoms with Crippen molar-refractivity contribution in [2.75, 3.05) is 19.4 Å². The van der Waals surface area contributed by atoms with Crippen molar-refractivity contribution in [1.82, 2.24) is 24.4 Å². The van der Waals surface area contributed by atoms with E-state index in [1.165, 1.54) is 17.3 Å². The Morgan fingerprint density at radius 3 is 2.68 bits per heavy atom. The van der Waals surface area contributed by atoms with Crippen molar-refractivity contribution in [3.8, 4) is 5.69 Å². The van der Waals surface area contributed by atoms with E-state index in [0.717, 1.165) is 29.5 Å². The lowest BCUT2D eigenvalue weighted by Gasteiger charge is -2.30. The molecule has 0 fully saturated rings. The first-order valence-corrected chi connectivity index (χ1v) is 11.6. The first-order chi connectivity index (χ1) is 16.3. The largest absolute Gasteiger partial charge is 0.333 e. The number of nitrogens with zero attached hydrogens (tertiary/aromatic N) is 4. The molecule has 2 heterocycles. The molecule has 1 unspecified atom stereocenters. The van der Waals surface area contributed by atoms with Crippen molar-refractivity contribution in [3.63, 3.8) is 0 Å². The maximum atomic E-state index is 12.8. The number of aromatic amines is 1. The van der Waals surface area contributed by atoms with Gasteiger partial charge in [-0.1, -0.05) is 35.3 Å². The predicted octanol–water partition coefficient (Wildman–Crippen LogP) is 4.06. The summed E-state index contributed by atoms with van der Waals surface area (Å²) in [6.45, 7) is 0. The molecule has 1 aliphatic carbocycles. The fourth-order valence-corrected chi connectivity index (χ4v) is 4.96. The quantitative estimate of drug-likeness (QED) is 0.396. The van der Waals surface area contributed by atoms with Gasteiger partial charge in [0.15, 0.2) is 5.65 Å². The fraction of sp³-hybridized carbons (Fsp3) is 0.250. The lowest BCUT2D eigenvalue weighted by Crippen LogP contribution is -2.34. The zero-order chi connectivity index (χ0) is 24.0. The first-order valence-electron chi connectivity index (χ1n) is 10.9. The molecule has 8 nitrogen and oxygen atoms in total. The highest BCUT2D eigenvalue weighted by Gasteiger charge is 2.20. The highest BCUT2D eigenvalue weighted by molar-refractivity contribution is 6.37. The van der Waals surface area contributed by atoms with Crippen LogP contribution in [0.15, 0.2) is 47.4 Å². The van der Waals surface area contributed by atoms with Gasteiger partial charge in [0.25, 0.3) is 0 Å². The van der Waals surface area contributed by atoms with Gasteiger partial charge in [0.1, 0.15) is 5.49 Å². The molecule has 2 aromatic carbocycles. The van der Waals surface area contributed by atoms with Crippen LogP contribution in [0.5, 0.6) is 0 Å². The third-order valence-corrected chi connectivity index (χ3v) is 6.86. The van der Waals surface area contributed by atoms with Crippen LogP contribution in [0.4, 0.5) is 11.6 Å². The Morgan fingerprint density at radius 2 is 1.94 bits per heavy atom. The molecule has 1 atom stereocenters. The van der Waals surface area contributed by atoms with Crippen molar-refractivity contribution >= 4 is 45.9 Å². The van der Waals surface area contributed by atoms with Crippen molar-refractivity contribution in [2.45, 2.75) is 25.3 Å². The second kappa shape index (κ2) is 8.87. The molecule has 0 saturated heterocycles. The topological polar surface area (TPSA) is 103 Å². The molecule has 10 heteroatoms. The maximum absolute atomic E-state index is 12.8. The van der Waals surface area contributed by atoms with Crippen molar-refractivity contribution in [2.24, 2.45) is 0 Å². The molecule has 0 amide bonds. The van der Waals surface area contributed by atoms with Gasteiger partial charge in [-0.2, -0.15) is 4.98 Å². The number of halogens is 2. The Labute approximate surface area is 205 Å². The van der Waals surface area contributed by atoms with Gasteiger partial charge in [-0.3, -0.25) is 10.4 Å². The van der Waals surface area contributed by atoms with Crippen LogP contribution in [0.1, 0.15) is 17.5 Å². The van der Waals surface area contributed by atoms with E-state index in [0.29, 0.717) is 17.4 Å². The normalized spacial score (nSPS) is 15.5. The summed E-state index contributed by atoms with van der Waals surface area (Å²) >= 11 is 12.5. The molecule has 0 radical (unpaired) electrons. The number of aryl methyl sites for hydroxylation is 1. The highest BCUT2D eigenvalue weighted by atomic mass is 35.5. The Morgan fingerprint density at radius 1 is 1.18 bits per heavy atom. The third kappa shape index (κ3) is 4.09. The Kier molecular flexibility index (Phi) is 5.89. The van der Waals surface area contributed by atoms with Gasteiger partial charge in [-0.15, -0.1) is 0 Å². The van der Waals surface area contributed by atoms with E-state index < -0.39 is 5.69 Å². The molecule has 1 aliphatic rings. The van der Waals surface area contributed by atoms with E-state index in [9.17, 15) is 4.79 Å². The molecule has 0 saturated carbocycles. The number of likely N-dealkylation sites (N-methyl/N-ethyl adjacent to an activating group) is 1. The molecular weight excluding hydrogens is 473 g/mol. The van der Waals surface area contributed by atoms with Gasteiger partial charge < -0.3 is 10.2 Å². The van der Waals surface area contributed by atoms with E-state index in [2.05, 4.69) is 51.4 Å². The fourth-order valence-electron chi connectivity index (χ4n) is 4.39. The number of anilines is 2. The van der Waals surface area contributed by atoms with E-state index >= 15 is 0 Å². The van der Waals surface area contributed by atoms with Gasteiger partial charge in [0.2, 0.25) is 5.95 Å². The van der Waals surface area contributed by atoms with Crippen LogP contribution in [0, 0.1) is 5.41 Å². The summed E-state index contributed by atoms with van der Waals surface area (Å²) in [6.07, 6.45) is 4.69. The number of aromatic nitrogens is 4. The molecule has 0 aliphatic heterocycles. The minimum absolute atomic E-state index is 0.107. The monoisotopic (exact) mass is 495 g/mol. The SMILES string of the molecule is CN(C)C1CCc2cc(Nc3ncc4c(=N)n(-c5c(Cl)cccc5Cl)c(=O)[nH]c4n3)ccc2C1. The number of rotatable bonds is 4. The van der Waals surface area contributed by atoms with Crippen molar-refractivity contribution in [3.05, 3.63) is 79.7 Å². The summed E-state index contributed by atoms with van der Waals surface area (Å²) in [4.78, 5) is 26.7. The van der Waals surface area contributed by atoms with Gasteiger partial charge in [0.05, 0.1) is 21.1 Å². The molecule has 174 valence electrons. The zero-order valence-corrected chi connectivity index (χ0v) is 20.2. The zero-order valence-electron chi connectivity index (χ0n) is 18.7. The summed E-state index contributed by atoms with van der Waals surface area (Å²) in [5.74, 6) is 0.331. The van der Waals surface area contributed by atoms with E-state index in [1.807, 2.05) is 6.07 Å². The average Bonchev–Trinajstić information content (AvgIpc) is 2.80. The molecule has 0 bridgehead atoms.